The fraction of sp³-hybridized carbons (Fsp3) is 0.542. The molecule has 2 heterocycles. The molecule has 178 valence electrons. The Bertz CT molecular complexity index is 1190. The van der Waals surface area contributed by atoms with Crippen molar-refractivity contribution in [3.05, 3.63) is 33.1 Å². The van der Waals surface area contributed by atoms with Gasteiger partial charge in [0, 0.05) is 43.7 Å². The average molecular weight is 475 g/mol. The molecule has 0 radical (unpaired) electrons. The SMILES string of the molecule is CCOC(=O)c1cn(C2CC2)c2c(Cl)c(N3CC[C@H](C(C)(C)NC(C)=O)C3)c(N)cc2c1=O. The van der Waals surface area contributed by atoms with Crippen molar-refractivity contribution in [2.24, 2.45) is 5.92 Å². The van der Waals surface area contributed by atoms with Gasteiger partial charge in [0.1, 0.15) is 5.56 Å². The molecule has 1 atom stereocenters. The van der Waals surface area contributed by atoms with Crippen LogP contribution in [0.4, 0.5) is 11.4 Å². The van der Waals surface area contributed by atoms with Crippen molar-refractivity contribution >= 4 is 45.8 Å². The van der Waals surface area contributed by atoms with Gasteiger partial charge < -0.3 is 25.3 Å². The maximum atomic E-state index is 13.2. The van der Waals surface area contributed by atoms with Gasteiger partial charge in [0.05, 0.1) is 33.9 Å². The third-order valence-corrected chi connectivity index (χ3v) is 7.08. The van der Waals surface area contributed by atoms with Gasteiger partial charge in [-0.1, -0.05) is 11.6 Å². The number of aromatic nitrogens is 1. The molecule has 33 heavy (non-hydrogen) atoms. The lowest BCUT2D eigenvalue weighted by molar-refractivity contribution is -0.121. The van der Waals surface area contributed by atoms with Crippen LogP contribution in [0, 0.1) is 5.92 Å². The third kappa shape index (κ3) is 4.28. The van der Waals surface area contributed by atoms with Gasteiger partial charge in [0.15, 0.2) is 0 Å². The van der Waals surface area contributed by atoms with Crippen molar-refractivity contribution < 1.29 is 14.3 Å². The fourth-order valence-corrected chi connectivity index (χ4v) is 5.33. The van der Waals surface area contributed by atoms with E-state index in [9.17, 15) is 14.4 Å². The summed E-state index contributed by atoms with van der Waals surface area (Å²) in [5, 5.41) is 3.79. The summed E-state index contributed by atoms with van der Waals surface area (Å²) in [4.78, 5) is 39.4. The van der Waals surface area contributed by atoms with Gasteiger partial charge in [-0.3, -0.25) is 9.59 Å². The standard InChI is InChI=1S/C24H31ClN4O4/c1-5-33-23(32)17-12-29(15-6-7-15)20-16(22(17)31)10-18(26)21(19(20)25)28-9-8-14(11-28)24(3,4)27-13(2)30/h10,12,14-15H,5-9,11,26H2,1-4H3,(H,27,30)/t14-/m0/s1. The molecule has 0 unspecified atom stereocenters. The second-order valence-electron chi connectivity index (χ2n) is 9.59. The zero-order chi connectivity index (χ0) is 24.1. The van der Waals surface area contributed by atoms with Crippen LogP contribution < -0.4 is 21.4 Å². The highest BCUT2D eigenvalue weighted by atomic mass is 35.5. The number of ether oxygens (including phenoxy) is 1. The maximum Gasteiger partial charge on any atom is 0.343 e. The van der Waals surface area contributed by atoms with Crippen LogP contribution in [0.3, 0.4) is 0 Å². The molecule has 3 N–H and O–H groups in total. The first kappa shape index (κ1) is 23.4. The number of fused-ring (bicyclic) bond motifs is 1. The molecule has 1 amide bonds. The Morgan fingerprint density at radius 2 is 2.00 bits per heavy atom. The van der Waals surface area contributed by atoms with Crippen LogP contribution in [-0.4, -0.2) is 41.7 Å². The van der Waals surface area contributed by atoms with E-state index in [-0.39, 0.29) is 35.6 Å². The maximum absolute atomic E-state index is 13.2. The molecule has 2 aromatic rings. The van der Waals surface area contributed by atoms with Crippen LogP contribution in [-0.2, 0) is 9.53 Å². The fourth-order valence-electron chi connectivity index (χ4n) is 4.91. The molecular formula is C24H31ClN4O4. The van der Waals surface area contributed by atoms with E-state index in [0.29, 0.717) is 33.8 Å². The molecule has 1 aromatic carbocycles. The summed E-state index contributed by atoms with van der Waals surface area (Å²) in [5.41, 5.74) is 7.33. The highest BCUT2D eigenvalue weighted by Crippen LogP contribution is 2.45. The number of hydrogen-bond acceptors (Lipinski definition) is 6. The first-order valence-electron chi connectivity index (χ1n) is 11.4. The summed E-state index contributed by atoms with van der Waals surface area (Å²) in [5.74, 6) is -0.489. The van der Waals surface area contributed by atoms with Crippen molar-refractivity contribution in [2.75, 3.05) is 30.3 Å². The summed E-state index contributed by atoms with van der Waals surface area (Å²) in [6.45, 7) is 8.87. The minimum Gasteiger partial charge on any atom is -0.462 e. The lowest BCUT2D eigenvalue weighted by Gasteiger charge is -2.33. The van der Waals surface area contributed by atoms with E-state index in [2.05, 4.69) is 10.2 Å². The number of halogens is 1. The number of hydrogen-bond donors (Lipinski definition) is 2. The highest BCUT2D eigenvalue weighted by Gasteiger charge is 2.38. The van der Waals surface area contributed by atoms with Gasteiger partial charge >= 0.3 is 5.97 Å². The van der Waals surface area contributed by atoms with Crippen molar-refractivity contribution in [3.63, 3.8) is 0 Å². The Kier molecular flexibility index (Phi) is 6.07. The predicted octanol–water partition coefficient (Wildman–Crippen LogP) is 3.49. The van der Waals surface area contributed by atoms with Crippen LogP contribution in [0.5, 0.6) is 0 Å². The van der Waals surface area contributed by atoms with Crippen LogP contribution >= 0.6 is 11.6 Å². The molecular weight excluding hydrogens is 444 g/mol. The Balaban J connectivity index is 1.80. The molecule has 1 aliphatic heterocycles. The normalized spacial score (nSPS) is 18.6. The number of benzene rings is 1. The first-order valence-corrected chi connectivity index (χ1v) is 11.8. The number of nitrogens with two attached hydrogens (primary N) is 1. The number of nitrogens with one attached hydrogen (secondary N) is 1. The van der Waals surface area contributed by atoms with E-state index in [1.54, 1.807) is 19.2 Å². The van der Waals surface area contributed by atoms with Gasteiger partial charge in [-0.05, 0) is 46.1 Å². The molecule has 1 saturated carbocycles. The number of rotatable bonds is 6. The first-order chi connectivity index (χ1) is 15.5. The molecule has 0 spiro atoms. The van der Waals surface area contributed by atoms with Crippen molar-refractivity contribution in [1.29, 1.82) is 0 Å². The number of esters is 1. The Morgan fingerprint density at radius 3 is 2.61 bits per heavy atom. The number of nitrogens with zero attached hydrogens (tertiary/aromatic N) is 2. The second kappa shape index (κ2) is 8.56. The topological polar surface area (TPSA) is 107 Å². The largest absolute Gasteiger partial charge is 0.462 e. The molecule has 0 bridgehead atoms. The van der Waals surface area contributed by atoms with Crippen molar-refractivity contribution in [1.82, 2.24) is 9.88 Å². The van der Waals surface area contributed by atoms with E-state index in [1.165, 1.54) is 6.92 Å². The minimum absolute atomic E-state index is 0.00207. The average Bonchev–Trinajstić information content (AvgIpc) is 3.44. The number of amides is 1. The van der Waals surface area contributed by atoms with Gasteiger partial charge in [-0.2, -0.15) is 0 Å². The molecule has 8 nitrogen and oxygen atoms in total. The van der Waals surface area contributed by atoms with Crippen molar-refractivity contribution in [2.45, 2.75) is 58.5 Å². The van der Waals surface area contributed by atoms with Crippen molar-refractivity contribution in [3.8, 4) is 0 Å². The number of anilines is 2. The van der Waals surface area contributed by atoms with Gasteiger partial charge in [0.25, 0.3) is 0 Å². The van der Waals surface area contributed by atoms with Crippen LogP contribution in [0.1, 0.15) is 63.4 Å². The highest BCUT2D eigenvalue weighted by molar-refractivity contribution is 6.38. The Morgan fingerprint density at radius 1 is 1.30 bits per heavy atom. The van der Waals surface area contributed by atoms with Crippen LogP contribution in [0.2, 0.25) is 5.02 Å². The number of nitrogen functional groups attached to an aromatic ring is 1. The van der Waals surface area contributed by atoms with Gasteiger partial charge in [-0.25, -0.2) is 4.79 Å². The molecule has 1 saturated heterocycles. The van der Waals surface area contributed by atoms with E-state index >= 15 is 0 Å². The number of carbonyl (C=O) groups excluding carboxylic acids is 2. The molecule has 2 fully saturated rings. The van der Waals surface area contributed by atoms with E-state index in [0.717, 1.165) is 25.8 Å². The lowest BCUT2D eigenvalue weighted by Crippen LogP contribution is -2.49. The zero-order valence-corrected chi connectivity index (χ0v) is 20.3. The molecule has 1 aliphatic carbocycles. The van der Waals surface area contributed by atoms with Crippen LogP contribution in [0.25, 0.3) is 10.9 Å². The summed E-state index contributed by atoms with van der Waals surface area (Å²) < 4.78 is 7.03. The number of carbonyl (C=O) groups is 2. The second-order valence-corrected chi connectivity index (χ2v) is 9.97. The summed E-state index contributed by atoms with van der Waals surface area (Å²) in [6, 6.07) is 1.81. The van der Waals surface area contributed by atoms with Gasteiger partial charge in [-0.15, -0.1) is 0 Å². The monoisotopic (exact) mass is 474 g/mol. The third-order valence-electron chi connectivity index (χ3n) is 6.72. The minimum atomic E-state index is -0.639. The van der Waals surface area contributed by atoms with Crippen LogP contribution in [0.15, 0.2) is 17.1 Å². The van der Waals surface area contributed by atoms with E-state index < -0.39 is 11.4 Å². The Hall–Kier alpha value is -2.74. The van der Waals surface area contributed by atoms with Gasteiger partial charge in [0.2, 0.25) is 11.3 Å². The predicted molar refractivity (Wildman–Crippen MR) is 130 cm³/mol. The molecule has 9 heteroatoms. The molecule has 1 aromatic heterocycles. The molecule has 4 rings (SSSR count). The summed E-state index contributed by atoms with van der Waals surface area (Å²) in [7, 11) is 0. The summed E-state index contributed by atoms with van der Waals surface area (Å²) in [6.07, 6.45) is 4.36. The quantitative estimate of drug-likeness (QED) is 0.490. The Labute approximate surface area is 198 Å². The van der Waals surface area contributed by atoms with E-state index in [4.69, 9.17) is 22.1 Å². The zero-order valence-electron chi connectivity index (χ0n) is 19.5. The van der Waals surface area contributed by atoms with E-state index in [1.807, 2.05) is 18.4 Å². The lowest BCUT2D eigenvalue weighted by atomic mass is 9.86. The summed E-state index contributed by atoms with van der Waals surface area (Å²) >= 11 is 6.95. The smallest absolute Gasteiger partial charge is 0.343 e. The molecule has 2 aliphatic rings. The number of pyridine rings is 1.